The smallest absolute Gasteiger partial charge is 0.258 e. The molecule has 0 saturated carbocycles. The van der Waals surface area contributed by atoms with Crippen LogP contribution in [-0.4, -0.2) is 11.7 Å². The van der Waals surface area contributed by atoms with Gasteiger partial charge in [0.2, 0.25) is 0 Å². The van der Waals surface area contributed by atoms with E-state index in [1.165, 1.54) is 30.1 Å². The largest absolute Gasteiger partial charge is 0.378 e. The van der Waals surface area contributed by atoms with Crippen LogP contribution in [0.4, 0.5) is 4.39 Å². The van der Waals surface area contributed by atoms with Crippen LogP contribution in [0, 0.1) is 5.82 Å². The van der Waals surface area contributed by atoms with E-state index in [-0.39, 0.29) is 11.6 Å². The molecule has 0 fully saturated rings. The summed E-state index contributed by atoms with van der Waals surface area (Å²) in [6.07, 6.45) is 0. The maximum atomic E-state index is 13.1. The number of hydrogen-bond acceptors (Lipinski definition) is 3. The van der Waals surface area contributed by atoms with Gasteiger partial charge in [0.25, 0.3) is 7.37 Å². The van der Waals surface area contributed by atoms with E-state index in [9.17, 15) is 14.1 Å². The minimum atomic E-state index is -3.63. The SMILES string of the molecule is CCO[P@@](=O)(/C=C(\Cl)c1ccccc1)[C@@H](O)c1ccc(F)cc1. The number of rotatable bonds is 6. The monoisotopic (exact) mass is 354 g/mol. The highest BCUT2D eigenvalue weighted by Gasteiger charge is 2.32. The van der Waals surface area contributed by atoms with Gasteiger partial charge in [0.15, 0.2) is 5.85 Å². The van der Waals surface area contributed by atoms with Gasteiger partial charge >= 0.3 is 0 Å². The summed E-state index contributed by atoms with van der Waals surface area (Å²) in [4.78, 5) is 0. The van der Waals surface area contributed by atoms with Crippen molar-refractivity contribution in [3.8, 4) is 0 Å². The Hall–Kier alpha value is -1.45. The molecular weight excluding hydrogens is 338 g/mol. The predicted octanol–water partition coefficient (Wildman–Crippen LogP) is 5.37. The quantitative estimate of drug-likeness (QED) is 0.709. The van der Waals surface area contributed by atoms with Gasteiger partial charge in [0, 0.05) is 5.82 Å². The fourth-order valence-corrected chi connectivity index (χ4v) is 4.40. The van der Waals surface area contributed by atoms with Gasteiger partial charge in [-0.2, -0.15) is 0 Å². The van der Waals surface area contributed by atoms with Gasteiger partial charge in [-0.3, -0.25) is 4.57 Å². The lowest BCUT2D eigenvalue weighted by Crippen LogP contribution is -2.02. The lowest BCUT2D eigenvalue weighted by Gasteiger charge is -2.21. The van der Waals surface area contributed by atoms with Gasteiger partial charge in [-0.05, 0) is 30.2 Å². The standard InChI is InChI=1S/C17H17ClFO3P/c1-2-22-23(21,12-16(18)13-6-4-3-5-7-13)17(20)14-8-10-15(19)11-9-14/h3-12,17,20H,2H2,1H3/b16-12-/t17-,23+/m1/s1. The number of aliphatic hydroxyl groups is 1. The molecule has 0 heterocycles. The molecule has 3 nitrogen and oxygen atoms in total. The maximum Gasteiger partial charge on any atom is 0.258 e. The minimum Gasteiger partial charge on any atom is -0.378 e. The number of benzene rings is 2. The van der Waals surface area contributed by atoms with Gasteiger partial charge in [-0.25, -0.2) is 4.39 Å². The second-order valence-electron chi connectivity index (χ2n) is 4.83. The summed E-state index contributed by atoms with van der Waals surface area (Å²) in [5, 5.41) is 10.7. The molecule has 0 saturated heterocycles. The lowest BCUT2D eigenvalue weighted by molar-refractivity contribution is 0.218. The third-order valence-corrected chi connectivity index (χ3v) is 5.92. The predicted molar refractivity (Wildman–Crippen MR) is 90.9 cm³/mol. The van der Waals surface area contributed by atoms with E-state index in [1.54, 1.807) is 31.2 Å². The molecule has 0 unspecified atom stereocenters. The van der Waals surface area contributed by atoms with Crippen molar-refractivity contribution in [2.45, 2.75) is 12.8 Å². The summed E-state index contributed by atoms with van der Waals surface area (Å²) in [6.45, 7) is 1.82. The van der Waals surface area contributed by atoms with Crippen molar-refractivity contribution in [2.24, 2.45) is 0 Å². The van der Waals surface area contributed by atoms with Crippen molar-refractivity contribution in [3.05, 3.63) is 77.4 Å². The van der Waals surface area contributed by atoms with E-state index in [0.29, 0.717) is 11.1 Å². The zero-order valence-electron chi connectivity index (χ0n) is 12.5. The van der Waals surface area contributed by atoms with Crippen molar-refractivity contribution in [1.82, 2.24) is 0 Å². The highest BCUT2D eigenvalue weighted by atomic mass is 35.5. The fraction of sp³-hybridized carbons (Fsp3) is 0.176. The molecule has 0 amide bonds. The molecule has 2 aromatic rings. The van der Waals surface area contributed by atoms with Crippen LogP contribution in [0.3, 0.4) is 0 Å². The highest BCUT2D eigenvalue weighted by molar-refractivity contribution is 7.62. The summed E-state index contributed by atoms with van der Waals surface area (Å²) in [6, 6.07) is 14.1. The van der Waals surface area contributed by atoms with Crippen molar-refractivity contribution in [3.63, 3.8) is 0 Å². The Kier molecular flexibility index (Phi) is 6.14. The van der Waals surface area contributed by atoms with Crippen molar-refractivity contribution in [2.75, 3.05) is 6.61 Å². The molecule has 0 aromatic heterocycles. The molecule has 0 bridgehead atoms. The molecule has 122 valence electrons. The molecule has 0 aliphatic carbocycles. The molecular formula is C17H17ClFO3P. The second-order valence-corrected chi connectivity index (χ2v) is 7.53. The molecule has 0 aliphatic heterocycles. The zero-order chi connectivity index (χ0) is 16.9. The Morgan fingerprint density at radius 2 is 1.87 bits per heavy atom. The van der Waals surface area contributed by atoms with E-state index in [4.69, 9.17) is 16.1 Å². The van der Waals surface area contributed by atoms with Crippen LogP contribution in [0.1, 0.15) is 23.9 Å². The summed E-state index contributed by atoms with van der Waals surface area (Å²) in [5.41, 5.74) is 0.970. The molecule has 2 aromatic carbocycles. The third-order valence-electron chi connectivity index (χ3n) is 3.18. The first-order chi connectivity index (χ1) is 11.0. The van der Waals surface area contributed by atoms with Crippen molar-refractivity contribution in [1.29, 1.82) is 0 Å². The van der Waals surface area contributed by atoms with E-state index in [0.717, 1.165) is 0 Å². The van der Waals surface area contributed by atoms with Crippen molar-refractivity contribution < 1.29 is 18.6 Å². The maximum absolute atomic E-state index is 13.1. The lowest BCUT2D eigenvalue weighted by atomic mass is 10.2. The Balaban J connectivity index is 2.38. The summed E-state index contributed by atoms with van der Waals surface area (Å²) in [5.74, 6) is -0.605. The third kappa shape index (κ3) is 4.52. The average molecular weight is 355 g/mol. The number of halogens is 2. The molecule has 0 aliphatic rings. The molecule has 6 heteroatoms. The topological polar surface area (TPSA) is 46.5 Å². The van der Waals surface area contributed by atoms with Gasteiger partial charge < -0.3 is 9.63 Å². The number of aliphatic hydroxyl groups excluding tert-OH is 1. The van der Waals surface area contributed by atoms with Crippen LogP contribution < -0.4 is 0 Å². The Morgan fingerprint density at radius 3 is 2.43 bits per heavy atom. The highest BCUT2D eigenvalue weighted by Crippen LogP contribution is 2.61. The molecule has 1 N–H and O–H groups in total. The van der Waals surface area contributed by atoms with Crippen LogP contribution >= 0.6 is 19.0 Å². The van der Waals surface area contributed by atoms with Gasteiger partial charge in [-0.15, -0.1) is 0 Å². The number of hydrogen-bond donors (Lipinski definition) is 1. The van der Waals surface area contributed by atoms with E-state index >= 15 is 0 Å². The first kappa shape index (κ1) is 17.9. The Bertz CT molecular complexity index is 716. The van der Waals surface area contributed by atoms with Gasteiger partial charge in [-0.1, -0.05) is 54.1 Å². The molecule has 0 spiro atoms. The molecule has 0 radical (unpaired) electrons. The molecule has 2 rings (SSSR count). The molecule has 23 heavy (non-hydrogen) atoms. The van der Waals surface area contributed by atoms with E-state index < -0.39 is 19.0 Å². The fourth-order valence-electron chi connectivity index (χ4n) is 2.05. The summed E-state index contributed by atoms with van der Waals surface area (Å²) >= 11 is 6.22. The van der Waals surface area contributed by atoms with Crippen LogP contribution in [0.5, 0.6) is 0 Å². The van der Waals surface area contributed by atoms with E-state index in [1.807, 2.05) is 6.07 Å². The van der Waals surface area contributed by atoms with Crippen LogP contribution in [-0.2, 0) is 9.09 Å². The minimum absolute atomic E-state index is 0.144. The Labute approximate surface area is 139 Å². The van der Waals surface area contributed by atoms with Gasteiger partial charge in [0.05, 0.1) is 11.6 Å². The van der Waals surface area contributed by atoms with Crippen LogP contribution in [0.15, 0.2) is 60.4 Å². The average Bonchev–Trinajstić information content (AvgIpc) is 2.56. The summed E-state index contributed by atoms with van der Waals surface area (Å²) < 4.78 is 31.4. The zero-order valence-corrected chi connectivity index (χ0v) is 14.2. The Morgan fingerprint density at radius 1 is 1.26 bits per heavy atom. The summed E-state index contributed by atoms with van der Waals surface area (Å²) in [7, 11) is -3.63. The van der Waals surface area contributed by atoms with Crippen LogP contribution in [0.2, 0.25) is 0 Å². The van der Waals surface area contributed by atoms with Crippen molar-refractivity contribution >= 4 is 24.0 Å². The first-order valence-corrected chi connectivity index (χ1v) is 9.21. The second kappa shape index (κ2) is 7.89. The first-order valence-electron chi connectivity index (χ1n) is 7.07. The normalized spacial score (nSPS) is 15.9. The van der Waals surface area contributed by atoms with E-state index in [2.05, 4.69) is 0 Å². The molecule has 2 atom stereocenters. The van der Waals surface area contributed by atoms with Gasteiger partial charge in [0.1, 0.15) is 5.82 Å². The van der Waals surface area contributed by atoms with Crippen LogP contribution in [0.25, 0.3) is 5.03 Å².